The summed E-state index contributed by atoms with van der Waals surface area (Å²) in [6, 6.07) is 10.4. The van der Waals surface area contributed by atoms with Crippen LogP contribution in [0.15, 0.2) is 41.2 Å². The summed E-state index contributed by atoms with van der Waals surface area (Å²) in [5, 5.41) is 7.00. The minimum absolute atomic E-state index is 0.208. The van der Waals surface area contributed by atoms with Crippen LogP contribution in [0, 0.1) is 6.92 Å². The first-order chi connectivity index (χ1) is 12.1. The fourth-order valence-corrected chi connectivity index (χ4v) is 2.62. The summed E-state index contributed by atoms with van der Waals surface area (Å²) in [5.74, 6) is -0.330. The highest BCUT2D eigenvalue weighted by atomic mass is 16.5. The van der Waals surface area contributed by atoms with E-state index in [2.05, 4.69) is 15.3 Å². The molecule has 25 heavy (non-hydrogen) atoms. The average Bonchev–Trinajstić information content (AvgIpc) is 2.64. The Morgan fingerprint density at radius 3 is 2.56 bits per heavy atom. The standard InChI is InChI=1S/C18H22N4O3/c1-14-2-4-15(5-3-14)19-18(24)16-6-7-17(23)22(20-16)9-8-21-10-12-25-13-11-21/h2-7H,8-13H2,1H3,(H,19,24). The normalized spacial score (nSPS) is 15.1. The summed E-state index contributed by atoms with van der Waals surface area (Å²) in [7, 11) is 0. The largest absolute Gasteiger partial charge is 0.379 e. The van der Waals surface area contributed by atoms with Crippen LogP contribution in [0.1, 0.15) is 16.1 Å². The number of carbonyl (C=O) groups excluding carboxylic acids is 1. The fraction of sp³-hybridized carbons (Fsp3) is 0.389. The van der Waals surface area contributed by atoms with E-state index in [-0.39, 0.29) is 17.2 Å². The maximum atomic E-state index is 12.4. The van der Waals surface area contributed by atoms with Crippen LogP contribution in [-0.2, 0) is 11.3 Å². The number of nitrogens with one attached hydrogen (secondary N) is 1. The third-order valence-corrected chi connectivity index (χ3v) is 4.14. The Morgan fingerprint density at radius 2 is 1.84 bits per heavy atom. The predicted molar refractivity (Wildman–Crippen MR) is 94.9 cm³/mol. The van der Waals surface area contributed by atoms with Gasteiger partial charge in [-0.25, -0.2) is 4.68 Å². The molecular weight excluding hydrogens is 320 g/mol. The van der Waals surface area contributed by atoms with Gasteiger partial charge in [0, 0.05) is 31.4 Å². The van der Waals surface area contributed by atoms with Crippen molar-refractivity contribution in [3.63, 3.8) is 0 Å². The number of hydrogen-bond acceptors (Lipinski definition) is 5. The van der Waals surface area contributed by atoms with E-state index in [1.807, 2.05) is 31.2 Å². The van der Waals surface area contributed by atoms with E-state index < -0.39 is 0 Å². The fourth-order valence-electron chi connectivity index (χ4n) is 2.62. The highest BCUT2D eigenvalue weighted by Gasteiger charge is 2.13. The zero-order chi connectivity index (χ0) is 17.6. The number of carbonyl (C=O) groups is 1. The predicted octanol–water partition coefficient (Wildman–Crippen LogP) is 1.14. The zero-order valence-electron chi connectivity index (χ0n) is 14.3. The number of rotatable bonds is 5. The third kappa shape index (κ3) is 4.74. The van der Waals surface area contributed by atoms with Crippen molar-refractivity contribution in [2.45, 2.75) is 13.5 Å². The Hall–Kier alpha value is -2.51. The molecule has 7 nitrogen and oxygen atoms in total. The second-order valence-electron chi connectivity index (χ2n) is 6.05. The van der Waals surface area contributed by atoms with Crippen molar-refractivity contribution in [3.05, 3.63) is 58.0 Å². The first-order valence-corrected chi connectivity index (χ1v) is 8.38. The Labute approximate surface area is 146 Å². The maximum absolute atomic E-state index is 12.4. The Bertz CT molecular complexity index is 780. The SMILES string of the molecule is Cc1ccc(NC(=O)c2ccc(=O)n(CCN3CCOCC3)n2)cc1. The second-order valence-corrected chi connectivity index (χ2v) is 6.05. The Morgan fingerprint density at radius 1 is 1.12 bits per heavy atom. The van der Waals surface area contributed by atoms with E-state index >= 15 is 0 Å². The van der Waals surface area contributed by atoms with Crippen LogP contribution in [-0.4, -0.2) is 53.4 Å². The van der Waals surface area contributed by atoms with Crippen molar-refractivity contribution in [1.82, 2.24) is 14.7 Å². The number of ether oxygens (including phenoxy) is 1. The molecule has 3 rings (SSSR count). The number of aromatic nitrogens is 2. The topological polar surface area (TPSA) is 76.5 Å². The number of amides is 1. The summed E-state index contributed by atoms with van der Waals surface area (Å²) >= 11 is 0. The molecule has 132 valence electrons. The van der Waals surface area contributed by atoms with Crippen LogP contribution in [0.4, 0.5) is 5.69 Å². The lowest BCUT2D eigenvalue weighted by molar-refractivity contribution is 0.0358. The molecule has 0 spiro atoms. The molecule has 1 aromatic heterocycles. The molecule has 1 saturated heterocycles. The van der Waals surface area contributed by atoms with Crippen LogP contribution in [0.25, 0.3) is 0 Å². The number of aryl methyl sites for hydroxylation is 1. The number of anilines is 1. The van der Waals surface area contributed by atoms with Crippen LogP contribution in [0.5, 0.6) is 0 Å². The first kappa shape index (κ1) is 17.3. The summed E-state index contributed by atoms with van der Waals surface area (Å²) < 4.78 is 6.66. The molecule has 1 aromatic carbocycles. The molecule has 2 aromatic rings. The Kier molecular flexibility index (Phi) is 5.57. The van der Waals surface area contributed by atoms with Crippen molar-refractivity contribution in [2.75, 3.05) is 38.2 Å². The lowest BCUT2D eigenvalue weighted by Crippen LogP contribution is -2.39. The molecule has 1 N–H and O–H groups in total. The van der Waals surface area contributed by atoms with E-state index in [0.29, 0.717) is 32.0 Å². The molecule has 2 heterocycles. The van der Waals surface area contributed by atoms with Crippen molar-refractivity contribution in [1.29, 1.82) is 0 Å². The number of hydrogen-bond donors (Lipinski definition) is 1. The van der Waals surface area contributed by atoms with E-state index in [1.54, 1.807) is 0 Å². The van der Waals surface area contributed by atoms with Gasteiger partial charge in [-0.15, -0.1) is 0 Å². The van der Waals surface area contributed by atoms with Gasteiger partial charge in [-0.3, -0.25) is 14.5 Å². The van der Waals surface area contributed by atoms with Crippen molar-refractivity contribution in [2.24, 2.45) is 0 Å². The van der Waals surface area contributed by atoms with Gasteiger partial charge in [0.05, 0.1) is 19.8 Å². The summed E-state index contributed by atoms with van der Waals surface area (Å²) in [4.78, 5) is 26.6. The van der Waals surface area contributed by atoms with Gasteiger partial charge in [0.2, 0.25) is 0 Å². The average molecular weight is 342 g/mol. The molecular formula is C18H22N4O3. The van der Waals surface area contributed by atoms with E-state index in [9.17, 15) is 9.59 Å². The number of nitrogens with zero attached hydrogens (tertiary/aromatic N) is 3. The van der Waals surface area contributed by atoms with Crippen LogP contribution >= 0.6 is 0 Å². The lowest BCUT2D eigenvalue weighted by Gasteiger charge is -2.26. The first-order valence-electron chi connectivity index (χ1n) is 8.38. The zero-order valence-corrected chi connectivity index (χ0v) is 14.3. The molecule has 1 aliphatic heterocycles. The van der Waals surface area contributed by atoms with E-state index in [1.165, 1.54) is 16.8 Å². The smallest absolute Gasteiger partial charge is 0.276 e. The molecule has 0 radical (unpaired) electrons. The van der Waals surface area contributed by atoms with E-state index in [4.69, 9.17) is 4.74 Å². The third-order valence-electron chi connectivity index (χ3n) is 4.14. The van der Waals surface area contributed by atoms with Crippen LogP contribution < -0.4 is 10.9 Å². The molecule has 0 bridgehead atoms. The van der Waals surface area contributed by atoms with Crippen LogP contribution in [0.3, 0.4) is 0 Å². The summed E-state index contributed by atoms with van der Waals surface area (Å²) in [6.45, 7) is 6.26. The monoisotopic (exact) mass is 342 g/mol. The van der Waals surface area contributed by atoms with E-state index in [0.717, 1.165) is 18.7 Å². The van der Waals surface area contributed by atoms with Crippen molar-refractivity contribution < 1.29 is 9.53 Å². The number of benzene rings is 1. The second kappa shape index (κ2) is 8.04. The van der Waals surface area contributed by atoms with Gasteiger partial charge in [-0.2, -0.15) is 5.10 Å². The highest BCUT2D eigenvalue weighted by molar-refractivity contribution is 6.02. The van der Waals surface area contributed by atoms with Gasteiger partial charge in [0.15, 0.2) is 0 Å². The minimum atomic E-state index is -0.330. The highest BCUT2D eigenvalue weighted by Crippen LogP contribution is 2.09. The Balaban J connectivity index is 1.66. The molecule has 7 heteroatoms. The quantitative estimate of drug-likeness (QED) is 0.882. The van der Waals surface area contributed by atoms with Gasteiger partial charge >= 0.3 is 0 Å². The molecule has 1 amide bonds. The molecule has 1 aliphatic rings. The molecule has 0 saturated carbocycles. The lowest BCUT2D eigenvalue weighted by atomic mass is 10.2. The van der Waals surface area contributed by atoms with Gasteiger partial charge in [-0.05, 0) is 25.1 Å². The molecule has 0 aliphatic carbocycles. The van der Waals surface area contributed by atoms with Gasteiger partial charge in [0.25, 0.3) is 11.5 Å². The van der Waals surface area contributed by atoms with Crippen molar-refractivity contribution >= 4 is 11.6 Å². The molecule has 0 atom stereocenters. The van der Waals surface area contributed by atoms with Crippen LogP contribution in [0.2, 0.25) is 0 Å². The number of morpholine rings is 1. The van der Waals surface area contributed by atoms with Gasteiger partial charge in [-0.1, -0.05) is 17.7 Å². The molecule has 0 unspecified atom stereocenters. The summed E-state index contributed by atoms with van der Waals surface area (Å²) in [6.07, 6.45) is 0. The minimum Gasteiger partial charge on any atom is -0.379 e. The van der Waals surface area contributed by atoms with Gasteiger partial charge < -0.3 is 10.1 Å². The van der Waals surface area contributed by atoms with Gasteiger partial charge in [0.1, 0.15) is 5.69 Å². The van der Waals surface area contributed by atoms with Crippen molar-refractivity contribution in [3.8, 4) is 0 Å². The summed E-state index contributed by atoms with van der Waals surface area (Å²) in [5.41, 5.74) is 1.83. The maximum Gasteiger partial charge on any atom is 0.276 e. The molecule has 1 fully saturated rings.